The molecule has 0 bridgehead atoms. The lowest BCUT2D eigenvalue weighted by Gasteiger charge is -2.36. The number of guanidine groups is 1. The number of rotatable bonds is 5. The van der Waals surface area contributed by atoms with Crippen LogP contribution in [0.5, 0.6) is 5.75 Å². The number of ether oxygens (including phenoxy) is 2. The molecule has 0 radical (unpaired) electrons. The fourth-order valence-corrected chi connectivity index (χ4v) is 2.61. The smallest absolute Gasteiger partial charge is 0.410 e. The molecule has 0 aromatic heterocycles. The van der Waals surface area contributed by atoms with Gasteiger partial charge in [0.2, 0.25) is 0 Å². The van der Waals surface area contributed by atoms with Crippen LogP contribution in [0.25, 0.3) is 0 Å². The van der Waals surface area contributed by atoms with Crippen molar-refractivity contribution >= 4 is 36.0 Å². The summed E-state index contributed by atoms with van der Waals surface area (Å²) >= 11 is 0. The number of aliphatic imine (C=N–C) groups is 1. The summed E-state index contributed by atoms with van der Waals surface area (Å²) in [7, 11) is 0. The first kappa shape index (κ1) is 25.2. The highest BCUT2D eigenvalue weighted by Crippen LogP contribution is 2.15. The normalized spacial score (nSPS) is 15.2. The van der Waals surface area contributed by atoms with Crippen LogP contribution in [0.2, 0.25) is 0 Å². The van der Waals surface area contributed by atoms with Crippen LogP contribution in [0, 0.1) is 0 Å². The highest BCUT2D eigenvalue weighted by atomic mass is 127. The third-order valence-electron chi connectivity index (χ3n) is 3.95. The van der Waals surface area contributed by atoms with E-state index in [0.29, 0.717) is 44.4 Å². The topological polar surface area (TPSA) is 80.4 Å². The summed E-state index contributed by atoms with van der Waals surface area (Å²) in [6.45, 7) is 7.29. The number of hydrogen-bond donors (Lipinski definition) is 1. The molecule has 1 aromatic carbocycles. The summed E-state index contributed by atoms with van der Waals surface area (Å²) < 4.78 is 34.9. The Morgan fingerprint density at radius 1 is 1.21 bits per heavy atom. The van der Waals surface area contributed by atoms with Crippen LogP contribution in [-0.4, -0.2) is 66.7 Å². The van der Waals surface area contributed by atoms with Crippen molar-refractivity contribution in [2.24, 2.45) is 10.7 Å². The number of amides is 1. The van der Waals surface area contributed by atoms with Gasteiger partial charge in [-0.3, -0.25) is 0 Å². The van der Waals surface area contributed by atoms with Gasteiger partial charge in [-0.1, -0.05) is 12.1 Å². The van der Waals surface area contributed by atoms with Gasteiger partial charge in [-0.15, -0.1) is 24.0 Å². The number of nitrogens with zero attached hydrogens (tertiary/aromatic N) is 3. The van der Waals surface area contributed by atoms with Gasteiger partial charge in [-0.25, -0.2) is 18.6 Å². The predicted molar refractivity (Wildman–Crippen MR) is 118 cm³/mol. The lowest BCUT2D eigenvalue weighted by Crippen LogP contribution is -2.53. The average molecular weight is 526 g/mol. The van der Waals surface area contributed by atoms with E-state index in [4.69, 9.17) is 15.2 Å². The molecule has 2 N–H and O–H groups in total. The number of nitrogens with two attached hydrogens (primary N) is 1. The summed E-state index contributed by atoms with van der Waals surface area (Å²) in [6, 6.07) is 6.84. The summed E-state index contributed by atoms with van der Waals surface area (Å²) in [4.78, 5) is 20.0. The van der Waals surface area contributed by atoms with Gasteiger partial charge < -0.3 is 25.0 Å². The monoisotopic (exact) mass is 526 g/mol. The molecular formula is C19H29F2IN4O3. The molecule has 0 unspecified atom stereocenters. The zero-order valence-corrected chi connectivity index (χ0v) is 19.3. The van der Waals surface area contributed by atoms with Gasteiger partial charge >= 0.3 is 6.09 Å². The predicted octanol–water partition coefficient (Wildman–Crippen LogP) is 3.32. The van der Waals surface area contributed by atoms with Crippen molar-refractivity contribution in [1.29, 1.82) is 0 Å². The molecule has 0 aliphatic carbocycles. The Morgan fingerprint density at radius 2 is 1.83 bits per heavy atom. The van der Waals surface area contributed by atoms with Crippen LogP contribution in [0.4, 0.5) is 13.6 Å². The molecule has 1 heterocycles. The van der Waals surface area contributed by atoms with Gasteiger partial charge in [0.25, 0.3) is 6.43 Å². The summed E-state index contributed by atoms with van der Waals surface area (Å²) in [5.41, 5.74) is 6.35. The van der Waals surface area contributed by atoms with E-state index in [0.717, 1.165) is 5.56 Å². The van der Waals surface area contributed by atoms with E-state index in [1.165, 1.54) is 0 Å². The summed E-state index contributed by atoms with van der Waals surface area (Å²) in [5, 5.41) is 0. The number of piperazine rings is 1. The molecule has 7 nitrogen and oxygen atoms in total. The zero-order valence-electron chi connectivity index (χ0n) is 16.9. The van der Waals surface area contributed by atoms with Crippen LogP contribution >= 0.6 is 24.0 Å². The minimum absolute atomic E-state index is 0. The van der Waals surface area contributed by atoms with Gasteiger partial charge in [0.1, 0.15) is 18.0 Å². The van der Waals surface area contributed by atoms with Gasteiger partial charge in [-0.05, 0) is 38.5 Å². The maximum atomic E-state index is 12.2. The molecule has 10 heteroatoms. The molecular weight excluding hydrogens is 497 g/mol. The third kappa shape index (κ3) is 9.01. The van der Waals surface area contributed by atoms with Crippen LogP contribution in [-0.2, 0) is 11.3 Å². The summed E-state index contributed by atoms with van der Waals surface area (Å²) in [6.07, 6.45) is -2.85. The average Bonchev–Trinajstić information content (AvgIpc) is 2.63. The van der Waals surface area contributed by atoms with Crippen molar-refractivity contribution in [3.05, 3.63) is 29.8 Å². The van der Waals surface area contributed by atoms with E-state index in [2.05, 4.69) is 4.99 Å². The SMILES string of the molecule is CC(C)(C)OC(=O)N1CCN(C(N)=NCc2cccc(OCC(F)F)c2)CC1.I. The zero-order chi connectivity index (χ0) is 20.7. The fraction of sp³-hybridized carbons (Fsp3) is 0.579. The fourth-order valence-electron chi connectivity index (χ4n) is 2.61. The van der Waals surface area contributed by atoms with E-state index in [1.54, 1.807) is 23.1 Å². The molecule has 2 rings (SSSR count). The number of alkyl halides is 2. The van der Waals surface area contributed by atoms with Crippen LogP contribution in [0.1, 0.15) is 26.3 Å². The first-order valence-corrected chi connectivity index (χ1v) is 9.17. The number of carbonyl (C=O) groups is 1. The second kappa shape index (κ2) is 11.4. The van der Waals surface area contributed by atoms with E-state index >= 15 is 0 Å². The van der Waals surface area contributed by atoms with E-state index in [-0.39, 0.29) is 30.1 Å². The Kier molecular flexibility index (Phi) is 9.87. The molecule has 0 saturated carbocycles. The second-order valence-electron chi connectivity index (χ2n) is 7.48. The molecule has 29 heavy (non-hydrogen) atoms. The van der Waals surface area contributed by atoms with E-state index in [9.17, 15) is 13.6 Å². The number of halogens is 3. The summed E-state index contributed by atoms with van der Waals surface area (Å²) in [5.74, 6) is 0.750. The first-order chi connectivity index (χ1) is 13.1. The van der Waals surface area contributed by atoms with Crippen molar-refractivity contribution in [3.8, 4) is 5.75 Å². The van der Waals surface area contributed by atoms with Crippen molar-refractivity contribution < 1.29 is 23.0 Å². The van der Waals surface area contributed by atoms with Crippen molar-refractivity contribution in [1.82, 2.24) is 9.80 Å². The molecule has 1 saturated heterocycles. The maximum Gasteiger partial charge on any atom is 0.410 e. The highest BCUT2D eigenvalue weighted by Gasteiger charge is 2.26. The lowest BCUT2D eigenvalue weighted by atomic mass is 10.2. The minimum Gasteiger partial charge on any atom is -0.488 e. The second-order valence-corrected chi connectivity index (χ2v) is 7.48. The van der Waals surface area contributed by atoms with Crippen LogP contribution in [0.3, 0.4) is 0 Å². The van der Waals surface area contributed by atoms with Crippen molar-refractivity contribution in [2.75, 3.05) is 32.8 Å². The number of benzene rings is 1. The van der Waals surface area contributed by atoms with Crippen molar-refractivity contribution in [2.45, 2.75) is 39.3 Å². The van der Waals surface area contributed by atoms with Gasteiger partial charge in [0, 0.05) is 26.2 Å². The molecule has 0 spiro atoms. The van der Waals surface area contributed by atoms with Gasteiger partial charge in [0.05, 0.1) is 6.54 Å². The maximum absolute atomic E-state index is 12.2. The van der Waals surface area contributed by atoms with Crippen LogP contribution in [0.15, 0.2) is 29.3 Å². The molecule has 1 aliphatic heterocycles. The largest absolute Gasteiger partial charge is 0.488 e. The van der Waals surface area contributed by atoms with E-state index in [1.807, 2.05) is 31.7 Å². The molecule has 164 valence electrons. The van der Waals surface area contributed by atoms with E-state index < -0.39 is 18.6 Å². The van der Waals surface area contributed by atoms with Gasteiger partial charge in [-0.2, -0.15) is 0 Å². The number of hydrogen-bond acceptors (Lipinski definition) is 4. The van der Waals surface area contributed by atoms with Gasteiger partial charge in [0.15, 0.2) is 5.96 Å². The lowest BCUT2D eigenvalue weighted by molar-refractivity contribution is 0.0186. The Labute approximate surface area is 187 Å². The quantitative estimate of drug-likeness (QED) is 0.362. The Bertz CT molecular complexity index is 690. The molecule has 1 fully saturated rings. The Morgan fingerprint density at radius 3 is 2.41 bits per heavy atom. The standard InChI is InChI=1S/C19H28F2N4O3.HI/c1-19(2,3)28-18(26)25-9-7-24(8-10-25)17(22)23-12-14-5-4-6-15(11-14)27-13-16(20)21;/h4-6,11,16H,7-10,12-13H2,1-3H3,(H2,22,23);1H. The minimum atomic E-state index is -2.52. The Hall–Kier alpha value is -1.85. The molecule has 1 amide bonds. The van der Waals surface area contributed by atoms with Crippen molar-refractivity contribution in [3.63, 3.8) is 0 Å². The highest BCUT2D eigenvalue weighted by molar-refractivity contribution is 14.0. The number of carbonyl (C=O) groups excluding carboxylic acids is 1. The molecule has 1 aromatic rings. The Balaban J connectivity index is 0.00000420. The molecule has 0 atom stereocenters. The van der Waals surface area contributed by atoms with Crippen LogP contribution < -0.4 is 10.5 Å². The third-order valence-corrected chi connectivity index (χ3v) is 3.95. The first-order valence-electron chi connectivity index (χ1n) is 9.17. The molecule has 1 aliphatic rings.